The highest BCUT2D eigenvalue weighted by Crippen LogP contribution is 2.31. The molecule has 3 heterocycles. The van der Waals surface area contributed by atoms with Gasteiger partial charge in [0.2, 0.25) is 5.78 Å². The molecule has 34 heavy (non-hydrogen) atoms. The lowest BCUT2D eigenvalue weighted by Crippen LogP contribution is -2.20. The van der Waals surface area contributed by atoms with Gasteiger partial charge < -0.3 is 13.9 Å². The summed E-state index contributed by atoms with van der Waals surface area (Å²) in [6, 6.07) is 15.1. The molecule has 5 rings (SSSR count). The van der Waals surface area contributed by atoms with Crippen molar-refractivity contribution in [3.63, 3.8) is 0 Å². The van der Waals surface area contributed by atoms with E-state index >= 15 is 0 Å². The lowest BCUT2D eigenvalue weighted by atomic mass is 10.0. The van der Waals surface area contributed by atoms with E-state index in [2.05, 4.69) is 5.10 Å². The maximum atomic E-state index is 13.7. The SMILES string of the molecule is COC(=O)c1c(C(=O)OC)c2c3ccccc3cnn2c1C(=O)c1cc2ccccc2oc1=O. The first-order valence-electron chi connectivity index (χ1n) is 10.1. The summed E-state index contributed by atoms with van der Waals surface area (Å²) in [6.07, 6.45) is 1.49. The van der Waals surface area contributed by atoms with E-state index in [9.17, 15) is 19.2 Å². The van der Waals surface area contributed by atoms with Gasteiger partial charge in [-0.05, 0) is 12.1 Å². The number of ether oxygens (including phenoxy) is 2. The molecule has 0 aliphatic heterocycles. The van der Waals surface area contributed by atoms with E-state index in [1.54, 1.807) is 48.5 Å². The van der Waals surface area contributed by atoms with Gasteiger partial charge in [0.05, 0.1) is 25.9 Å². The number of carbonyl (C=O) groups excluding carboxylic acids is 3. The van der Waals surface area contributed by atoms with E-state index in [0.29, 0.717) is 21.7 Å². The molecule has 0 spiro atoms. The van der Waals surface area contributed by atoms with Gasteiger partial charge in [-0.25, -0.2) is 18.9 Å². The molecule has 0 saturated carbocycles. The van der Waals surface area contributed by atoms with Crippen molar-refractivity contribution in [3.8, 4) is 0 Å². The topological polar surface area (TPSA) is 117 Å². The van der Waals surface area contributed by atoms with Crippen molar-refractivity contribution in [2.45, 2.75) is 0 Å². The van der Waals surface area contributed by atoms with E-state index in [1.807, 2.05) is 0 Å². The van der Waals surface area contributed by atoms with Gasteiger partial charge in [0.15, 0.2) is 0 Å². The number of carbonyl (C=O) groups is 3. The molecular weight excluding hydrogens is 440 g/mol. The minimum absolute atomic E-state index is 0.180. The van der Waals surface area contributed by atoms with Crippen LogP contribution in [0.25, 0.3) is 27.3 Å². The normalized spacial score (nSPS) is 11.1. The molecule has 0 aliphatic carbocycles. The Labute approximate surface area is 191 Å². The first-order chi connectivity index (χ1) is 16.5. The smallest absolute Gasteiger partial charge is 0.347 e. The van der Waals surface area contributed by atoms with Gasteiger partial charge >= 0.3 is 17.6 Å². The molecule has 3 aromatic heterocycles. The standard InChI is InChI=1S/C25H16N2O7/c1-32-24(30)18-19(25(31)33-2)21(27-20(18)15-9-5-3-8-14(15)12-26-27)22(28)16-11-13-7-4-6-10-17(13)34-23(16)29/h3-12H,1-2H3. The molecule has 0 atom stereocenters. The van der Waals surface area contributed by atoms with Crippen molar-refractivity contribution >= 4 is 45.0 Å². The number of methoxy groups -OCH3 is 2. The first-order valence-corrected chi connectivity index (χ1v) is 10.1. The van der Waals surface area contributed by atoms with Gasteiger partial charge in [0.25, 0.3) is 0 Å². The number of esters is 2. The van der Waals surface area contributed by atoms with Gasteiger partial charge in [-0.2, -0.15) is 5.10 Å². The van der Waals surface area contributed by atoms with E-state index in [1.165, 1.54) is 12.3 Å². The summed E-state index contributed by atoms with van der Waals surface area (Å²) in [7, 11) is 2.28. The summed E-state index contributed by atoms with van der Waals surface area (Å²) in [6.45, 7) is 0. The van der Waals surface area contributed by atoms with Crippen molar-refractivity contribution in [2.24, 2.45) is 0 Å². The summed E-state index contributed by atoms with van der Waals surface area (Å²) < 4.78 is 16.3. The summed E-state index contributed by atoms with van der Waals surface area (Å²) in [4.78, 5) is 52.2. The van der Waals surface area contributed by atoms with Gasteiger partial charge in [0, 0.05) is 16.2 Å². The Hall–Kier alpha value is -4.79. The Morgan fingerprint density at radius 1 is 0.882 bits per heavy atom. The molecule has 9 heteroatoms. The average Bonchev–Trinajstić information content (AvgIpc) is 3.22. The zero-order valence-electron chi connectivity index (χ0n) is 18.0. The first kappa shape index (κ1) is 21.1. The van der Waals surface area contributed by atoms with Crippen molar-refractivity contribution < 1.29 is 28.3 Å². The zero-order valence-corrected chi connectivity index (χ0v) is 18.0. The van der Waals surface area contributed by atoms with Gasteiger partial charge in [-0.3, -0.25) is 4.79 Å². The molecule has 0 fully saturated rings. The molecule has 0 unspecified atom stereocenters. The molecular formula is C25H16N2O7. The third-order valence-corrected chi connectivity index (χ3v) is 5.56. The largest absolute Gasteiger partial charge is 0.465 e. The lowest BCUT2D eigenvalue weighted by Gasteiger charge is -2.06. The Kier molecular flexibility index (Phi) is 4.94. The number of aromatic nitrogens is 2. The summed E-state index contributed by atoms with van der Waals surface area (Å²) >= 11 is 0. The Morgan fingerprint density at radius 2 is 1.53 bits per heavy atom. The number of nitrogens with zero attached hydrogens (tertiary/aromatic N) is 2. The van der Waals surface area contributed by atoms with Crippen LogP contribution in [0.3, 0.4) is 0 Å². The van der Waals surface area contributed by atoms with Crippen LogP contribution in [-0.2, 0) is 9.47 Å². The predicted molar refractivity (Wildman–Crippen MR) is 121 cm³/mol. The fourth-order valence-corrected chi connectivity index (χ4v) is 4.03. The second-order valence-corrected chi connectivity index (χ2v) is 7.39. The number of ketones is 1. The van der Waals surface area contributed by atoms with Crippen molar-refractivity contribution in [1.29, 1.82) is 0 Å². The second-order valence-electron chi connectivity index (χ2n) is 7.39. The Balaban J connectivity index is 1.92. The van der Waals surface area contributed by atoms with Crippen LogP contribution in [0.4, 0.5) is 0 Å². The van der Waals surface area contributed by atoms with Crippen LogP contribution in [0.5, 0.6) is 0 Å². The molecule has 5 aromatic rings. The number of rotatable bonds is 4. The van der Waals surface area contributed by atoms with Gasteiger partial charge in [-0.15, -0.1) is 0 Å². The van der Waals surface area contributed by atoms with Gasteiger partial charge in [0.1, 0.15) is 28.0 Å². The maximum absolute atomic E-state index is 13.7. The summed E-state index contributed by atoms with van der Waals surface area (Å²) in [5.41, 5.74) is -1.58. The van der Waals surface area contributed by atoms with E-state index < -0.39 is 23.3 Å². The average molecular weight is 456 g/mol. The van der Waals surface area contributed by atoms with Crippen molar-refractivity contribution in [1.82, 2.24) is 9.61 Å². The van der Waals surface area contributed by atoms with Crippen LogP contribution in [0.2, 0.25) is 0 Å². The number of para-hydroxylation sites is 1. The van der Waals surface area contributed by atoms with E-state index in [-0.39, 0.29) is 27.9 Å². The van der Waals surface area contributed by atoms with Crippen molar-refractivity contribution in [3.05, 3.63) is 93.6 Å². The van der Waals surface area contributed by atoms with E-state index in [0.717, 1.165) is 18.7 Å². The van der Waals surface area contributed by atoms with Crippen LogP contribution in [0.1, 0.15) is 36.8 Å². The number of hydrogen-bond donors (Lipinski definition) is 0. The van der Waals surface area contributed by atoms with Crippen molar-refractivity contribution in [2.75, 3.05) is 14.2 Å². The zero-order chi connectivity index (χ0) is 24.0. The minimum atomic E-state index is -0.955. The van der Waals surface area contributed by atoms with Crippen LogP contribution in [0.15, 0.2) is 70.0 Å². The molecule has 2 aromatic carbocycles. The third kappa shape index (κ3) is 3.06. The molecule has 168 valence electrons. The second kappa shape index (κ2) is 7.96. The molecule has 0 radical (unpaired) electrons. The molecule has 0 saturated heterocycles. The van der Waals surface area contributed by atoms with Gasteiger partial charge in [-0.1, -0.05) is 42.5 Å². The van der Waals surface area contributed by atoms with Crippen LogP contribution >= 0.6 is 0 Å². The lowest BCUT2D eigenvalue weighted by molar-refractivity contribution is 0.0556. The monoisotopic (exact) mass is 456 g/mol. The molecule has 0 bridgehead atoms. The number of benzene rings is 2. The Morgan fingerprint density at radius 3 is 2.26 bits per heavy atom. The minimum Gasteiger partial charge on any atom is -0.465 e. The quantitative estimate of drug-likeness (QED) is 0.229. The molecule has 0 amide bonds. The highest BCUT2D eigenvalue weighted by atomic mass is 16.5. The summed E-state index contributed by atoms with van der Waals surface area (Å²) in [5.74, 6) is -2.67. The van der Waals surface area contributed by atoms with Crippen LogP contribution in [0, 0.1) is 0 Å². The number of hydrogen-bond acceptors (Lipinski definition) is 8. The van der Waals surface area contributed by atoms with E-state index in [4.69, 9.17) is 13.9 Å². The molecule has 0 N–H and O–H groups in total. The summed E-state index contributed by atoms with van der Waals surface area (Å²) in [5, 5.41) is 6.04. The Bertz CT molecular complexity index is 1710. The molecule has 0 aliphatic rings. The third-order valence-electron chi connectivity index (χ3n) is 5.56. The molecule has 9 nitrogen and oxygen atoms in total. The van der Waals surface area contributed by atoms with Crippen LogP contribution in [-0.4, -0.2) is 41.6 Å². The fraction of sp³-hybridized carbons (Fsp3) is 0.0800. The van der Waals surface area contributed by atoms with Crippen LogP contribution < -0.4 is 5.63 Å². The highest BCUT2D eigenvalue weighted by Gasteiger charge is 2.35. The predicted octanol–water partition coefficient (Wildman–Crippen LogP) is 3.40. The fourth-order valence-electron chi connectivity index (χ4n) is 4.03. The highest BCUT2D eigenvalue weighted by molar-refractivity contribution is 6.22. The maximum Gasteiger partial charge on any atom is 0.347 e. The number of fused-ring (bicyclic) bond motifs is 4.